The van der Waals surface area contributed by atoms with Gasteiger partial charge in [0.05, 0.1) is 12.7 Å². The normalized spacial score (nSPS) is 12.1. The van der Waals surface area contributed by atoms with Crippen LogP contribution in [0.25, 0.3) is 0 Å². The summed E-state index contributed by atoms with van der Waals surface area (Å²) in [6.45, 7) is 0.519. The Hall–Kier alpha value is -1.87. The van der Waals surface area contributed by atoms with Gasteiger partial charge in [-0.15, -0.1) is 0 Å². The first kappa shape index (κ1) is 12.6. The number of hydrogen-bond donors (Lipinski definition) is 1. The Bertz CT molecular complexity index is 445. The van der Waals surface area contributed by atoms with Crippen molar-refractivity contribution in [2.24, 2.45) is 0 Å². The van der Waals surface area contributed by atoms with Crippen LogP contribution in [-0.4, -0.2) is 22.8 Å². The number of pyridine rings is 1. The number of hydrogen-bond acceptors (Lipinski definition) is 3. The minimum Gasteiger partial charge on any atom is -0.493 e. The Morgan fingerprint density at radius 2 is 1.94 bits per heavy atom. The maximum absolute atomic E-state index is 9.87. The van der Waals surface area contributed by atoms with Crippen LogP contribution < -0.4 is 4.74 Å². The third-order valence-electron chi connectivity index (χ3n) is 2.66. The molecule has 0 saturated carbocycles. The third-order valence-corrected chi connectivity index (χ3v) is 2.66. The van der Waals surface area contributed by atoms with Crippen molar-refractivity contribution in [2.75, 3.05) is 6.61 Å². The Morgan fingerprint density at radius 1 is 1.11 bits per heavy atom. The number of benzene rings is 1. The van der Waals surface area contributed by atoms with Crippen LogP contribution in [0.3, 0.4) is 0 Å². The number of aromatic nitrogens is 1. The fourth-order valence-electron chi connectivity index (χ4n) is 1.72. The van der Waals surface area contributed by atoms with Gasteiger partial charge in [-0.3, -0.25) is 4.98 Å². The summed E-state index contributed by atoms with van der Waals surface area (Å²) in [5.74, 6) is 0.839. The van der Waals surface area contributed by atoms with Gasteiger partial charge < -0.3 is 9.84 Å². The van der Waals surface area contributed by atoms with E-state index in [-0.39, 0.29) is 0 Å². The number of aliphatic hydroxyl groups is 1. The molecule has 0 spiro atoms. The second kappa shape index (κ2) is 6.77. The highest BCUT2D eigenvalue weighted by Crippen LogP contribution is 2.10. The van der Waals surface area contributed by atoms with Gasteiger partial charge in [-0.05, 0) is 30.2 Å². The molecule has 0 fully saturated rings. The Balaban J connectivity index is 1.71. The van der Waals surface area contributed by atoms with Crippen molar-refractivity contribution >= 4 is 0 Å². The SMILES string of the molecule is OC(CCOc1ccccc1)Cc1cccnc1. The van der Waals surface area contributed by atoms with Crippen molar-refractivity contribution in [3.8, 4) is 5.75 Å². The molecule has 0 aliphatic carbocycles. The van der Waals surface area contributed by atoms with Crippen LogP contribution in [0, 0.1) is 0 Å². The van der Waals surface area contributed by atoms with Crippen LogP contribution in [0.15, 0.2) is 54.9 Å². The molecule has 3 nitrogen and oxygen atoms in total. The highest BCUT2D eigenvalue weighted by molar-refractivity contribution is 5.20. The molecule has 1 heterocycles. The molecule has 18 heavy (non-hydrogen) atoms. The van der Waals surface area contributed by atoms with Crippen molar-refractivity contribution in [1.82, 2.24) is 4.98 Å². The highest BCUT2D eigenvalue weighted by atomic mass is 16.5. The van der Waals surface area contributed by atoms with E-state index in [2.05, 4.69) is 4.98 Å². The fraction of sp³-hybridized carbons (Fsp3) is 0.267. The molecule has 0 radical (unpaired) electrons. The Kier molecular flexibility index (Phi) is 4.73. The molecular formula is C15H17NO2. The maximum Gasteiger partial charge on any atom is 0.119 e. The summed E-state index contributed by atoms with van der Waals surface area (Å²) < 4.78 is 5.54. The zero-order chi connectivity index (χ0) is 12.6. The minimum atomic E-state index is -0.391. The van der Waals surface area contributed by atoms with E-state index in [1.807, 2.05) is 42.5 Å². The average molecular weight is 243 g/mol. The molecule has 1 atom stereocenters. The quantitative estimate of drug-likeness (QED) is 0.847. The molecule has 0 bridgehead atoms. The molecule has 0 aliphatic heterocycles. The topological polar surface area (TPSA) is 42.4 Å². The predicted molar refractivity (Wildman–Crippen MR) is 70.5 cm³/mol. The van der Waals surface area contributed by atoms with E-state index in [0.717, 1.165) is 11.3 Å². The number of para-hydroxylation sites is 1. The van der Waals surface area contributed by atoms with Crippen LogP contribution in [-0.2, 0) is 6.42 Å². The van der Waals surface area contributed by atoms with Crippen LogP contribution in [0.5, 0.6) is 5.75 Å². The summed E-state index contributed by atoms with van der Waals surface area (Å²) in [7, 11) is 0. The second-order valence-corrected chi connectivity index (χ2v) is 4.17. The van der Waals surface area contributed by atoms with E-state index in [9.17, 15) is 5.11 Å². The predicted octanol–water partition coefficient (Wildman–Crippen LogP) is 2.45. The Morgan fingerprint density at radius 3 is 2.67 bits per heavy atom. The summed E-state index contributed by atoms with van der Waals surface area (Å²) in [5, 5.41) is 9.87. The second-order valence-electron chi connectivity index (χ2n) is 4.17. The molecular weight excluding hydrogens is 226 g/mol. The van der Waals surface area contributed by atoms with Gasteiger partial charge in [0, 0.05) is 18.8 Å². The zero-order valence-electron chi connectivity index (χ0n) is 10.2. The number of aliphatic hydroxyl groups excluding tert-OH is 1. The van der Waals surface area contributed by atoms with Gasteiger partial charge in [-0.2, -0.15) is 0 Å². The van der Waals surface area contributed by atoms with Crippen LogP contribution >= 0.6 is 0 Å². The molecule has 1 unspecified atom stereocenters. The zero-order valence-corrected chi connectivity index (χ0v) is 10.2. The van der Waals surface area contributed by atoms with Crippen molar-refractivity contribution < 1.29 is 9.84 Å². The summed E-state index contributed by atoms with van der Waals surface area (Å²) in [6.07, 6.45) is 4.35. The number of nitrogens with zero attached hydrogens (tertiary/aromatic N) is 1. The molecule has 1 aromatic carbocycles. The van der Waals surface area contributed by atoms with Crippen molar-refractivity contribution in [1.29, 1.82) is 0 Å². The molecule has 0 amide bonds. The van der Waals surface area contributed by atoms with Crippen molar-refractivity contribution in [3.63, 3.8) is 0 Å². The van der Waals surface area contributed by atoms with E-state index in [1.54, 1.807) is 12.4 Å². The van der Waals surface area contributed by atoms with E-state index in [4.69, 9.17) is 4.74 Å². The fourth-order valence-corrected chi connectivity index (χ4v) is 1.72. The van der Waals surface area contributed by atoms with E-state index < -0.39 is 6.10 Å². The lowest BCUT2D eigenvalue weighted by Crippen LogP contribution is -2.14. The number of rotatable bonds is 6. The van der Waals surface area contributed by atoms with Gasteiger partial charge in [0.25, 0.3) is 0 Å². The van der Waals surface area contributed by atoms with Gasteiger partial charge in [0.15, 0.2) is 0 Å². The van der Waals surface area contributed by atoms with Crippen molar-refractivity contribution in [2.45, 2.75) is 18.9 Å². The third kappa shape index (κ3) is 4.18. The van der Waals surface area contributed by atoms with Gasteiger partial charge in [0.1, 0.15) is 5.75 Å². The van der Waals surface area contributed by atoms with Gasteiger partial charge >= 0.3 is 0 Å². The smallest absolute Gasteiger partial charge is 0.119 e. The molecule has 3 heteroatoms. The lowest BCUT2D eigenvalue weighted by molar-refractivity contribution is 0.139. The largest absolute Gasteiger partial charge is 0.493 e. The first-order valence-corrected chi connectivity index (χ1v) is 6.09. The van der Waals surface area contributed by atoms with E-state index in [1.165, 1.54) is 0 Å². The lowest BCUT2D eigenvalue weighted by atomic mass is 10.1. The molecule has 2 aromatic rings. The van der Waals surface area contributed by atoms with Crippen LogP contribution in [0.4, 0.5) is 0 Å². The molecule has 1 N–H and O–H groups in total. The molecule has 94 valence electrons. The van der Waals surface area contributed by atoms with E-state index in [0.29, 0.717) is 19.4 Å². The van der Waals surface area contributed by atoms with Gasteiger partial charge in [0.2, 0.25) is 0 Å². The summed E-state index contributed by atoms with van der Waals surface area (Å²) in [4.78, 5) is 4.02. The maximum atomic E-state index is 9.87. The summed E-state index contributed by atoms with van der Waals surface area (Å²) >= 11 is 0. The summed E-state index contributed by atoms with van der Waals surface area (Å²) in [6, 6.07) is 13.5. The average Bonchev–Trinajstić information content (AvgIpc) is 2.41. The molecule has 0 aliphatic rings. The Labute approximate surface area is 107 Å². The number of ether oxygens (including phenoxy) is 1. The molecule has 1 aromatic heterocycles. The van der Waals surface area contributed by atoms with Crippen LogP contribution in [0.2, 0.25) is 0 Å². The summed E-state index contributed by atoms with van der Waals surface area (Å²) in [5.41, 5.74) is 1.05. The minimum absolute atomic E-state index is 0.391. The molecule has 2 rings (SSSR count). The van der Waals surface area contributed by atoms with E-state index >= 15 is 0 Å². The van der Waals surface area contributed by atoms with Gasteiger partial charge in [-0.25, -0.2) is 0 Å². The monoisotopic (exact) mass is 243 g/mol. The first-order valence-electron chi connectivity index (χ1n) is 6.09. The van der Waals surface area contributed by atoms with Crippen molar-refractivity contribution in [3.05, 3.63) is 60.4 Å². The first-order chi connectivity index (χ1) is 8.84. The standard InChI is InChI=1S/C15H17NO2/c17-14(11-13-5-4-9-16-12-13)8-10-18-15-6-2-1-3-7-15/h1-7,9,12,14,17H,8,10-11H2. The highest BCUT2D eigenvalue weighted by Gasteiger charge is 2.05. The van der Waals surface area contributed by atoms with Gasteiger partial charge in [-0.1, -0.05) is 24.3 Å². The molecule has 0 saturated heterocycles. The van der Waals surface area contributed by atoms with Crippen LogP contribution in [0.1, 0.15) is 12.0 Å². The lowest BCUT2D eigenvalue weighted by Gasteiger charge is -2.11.